The van der Waals surface area contributed by atoms with Crippen molar-refractivity contribution in [2.75, 3.05) is 4.90 Å². The van der Waals surface area contributed by atoms with Gasteiger partial charge in [-0.05, 0) is 294 Å². The highest BCUT2D eigenvalue weighted by Crippen LogP contribution is 2.71. The van der Waals surface area contributed by atoms with Crippen molar-refractivity contribution in [2.45, 2.75) is 153 Å². The summed E-state index contributed by atoms with van der Waals surface area (Å²) in [6, 6.07) is 132. The van der Waals surface area contributed by atoms with Gasteiger partial charge < -0.3 is 13.7 Å². The highest BCUT2D eigenvalue weighted by molar-refractivity contribution is 6.20. The zero-order chi connectivity index (χ0) is 86.1. The van der Waals surface area contributed by atoms with Crippen molar-refractivity contribution in [1.29, 1.82) is 0 Å². The normalized spacial score (nSPS) is 15.2. The summed E-state index contributed by atoms with van der Waals surface area (Å²) in [5, 5.41) is 4.61. The van der Waals surface area contributed by atoms with Crippen LogP contribution in [0.3, 0.4) is 0 Å². The fraction of sp³-hybridized carbons (Fsp3) is 0.190. The molecule has 3 heteroatoms. The van der Waals surface area contributed by atoms with E-state index in [-0.39, 0.29) is 10.8 Å². The van der Waals surface area contributed by atoms with E-state index >= 15 is 0 Å². The Bertz CT molecular complexity index is 7880. The maximum Gasteiger partial charge on any atom is 0.143 e. The highest BCUT2D eigenvalue weighted by Gasteiger charge is 2.58. The average molecular weight is 1660 g/mol. The van der Waals surface area contributed by atoms with E-state index in [1.54, 1.807) is 11.1 Å². The van der Waals surface area contributed by atoms with Crippen LogP contribution in [0.25, 0.3) is 155 Å². The molecule has 7 aliphatic carbocycles. The number of rotatable bonds is 18. The lowest BCUT2D eigenvalue weighted by atomic mass is 9.68. The van der Waals surface area contributed by atoms with Crippen molar-refractivity contribution in [2.24, 2.45) is 0 Å². The van der Waals surface area contributed by atoms with Gasteiger partial charge in [0.1, 0.15) is 22.3 Å². The van der Waals surface area contributed by atoms with Gasteiger partial charge in [-0.2, -0.15) is 0 Å². The topological polar surface area (TPSA) is 29.5 Å². The Hall–Kier alpha value is -13.9. The van der Waals surface area contributed by atoms with Gasteiger partial charge in [0, 0.05) is 60.4 Å². The second kappa shape index (κ2) is 28.3. The van der Waals surface area contributed by atoms with Gasteiger partial charge in [0.15, 0.2) is 0 Å². The summed E-state index contributed by atoms with van der Waals surface area (Å²) in [4.78, 5) is 2.54. The van der Waals surface area contributed by atoms with Crippen LogP contribution in [0, 0.1) is 6.92 Å². The third-order valence-electron chi connectivity index (χ3n) is 32.1. The second-order valence-electron chi connectivity index (χ2n) is 39.4. The van der Waals surface area contributed by atoms with Crippen molar-refractivity contribution < 1.29 is 8.83 Å². The lowest BCUT2D eigenvalue weighted by Crippen LogP contribution is -2.27. The van der Waals surface area contributed by atoms with E-state index in [1.165, 1.54) is 260 Å². The van der Waals surface area contributed by atoms with Gasteiger partial charge in [-0.1, -0.05) is 360 Å². The van der Waals surface area contributed by atoms with Crippen LogP contribution in [0.2, 0.25) is 0 Å². The molecule has 19 aromatic rings. The molecule has 0 atom stereocenters. The molecule has 0 N–H and O–H groups in total. The Balaban J connectivity index is 0.569. The number of para-hydroxylation sites is 2. The number of aryl methyl sites for hydroxylation is 1. The Morgan fingerprint density at radius 3 is 1.22 bits per heavy atom. The van der Waals surface area contributed by atoms with Crippen LogP contribution in [0.1, 0.15) is 202 Å². The fourth-order valence-electron chi connectivity index (χ4n) is 26.1. The molecule has 2 aromatic heterocycles. The van der Waals surface area contributed by atoms with E-state index in [4.69, 9.17) is 8.83 Å². The maximum atomic E-state index is 7.23. The molecular formula is C126H101NO2. The Morgan fingerprint density at radius 2 is 0.628 bits per heavy atom. The van der Waals surface area contributed by atoms with Gasteiger partial charge in [-0.3, -0.25) is 0 Å². The standard InChI is InChI=1S/C126H101NO2/c1-8-10-12-14-30-66-124(67-31-15-13-11-9-2)100-39-23-16-32-85(100)92-61-54-81(70-109(92)124)80-53-60-91-90-59-52-79(68-106(90)122(4,5)107(91)69-80)77-48-50-78(51-49-77)97-73-113-117(120-96-38-22-29-45-115(96)129-121(97)120)94-63-58-83(71-108(94)123(113,6)7)127(82-55-46-76(3)47-56-82)84-57-62-93-98-74-112-99(75-111(98)126(110(93)72-84)103-42-26-19-35-88(103)89-36-20-27-43-104(89)126)118-105(64-65-116-119(118)95-37-21-28-44-114(95)128-116)125(112)101-40-24-17-33-86(101)87-34-18-25-41-102(87)125/h16-29,32-65,68-75H,8-15,30-31,66-67H2,1-7H3. The van der Waals surface area contributed by atoms with Crippen LogP contribution in [-0.4, -0.2) is 0 Å². The third kappa shape index (κ3) is 10.5. The van der Waals surface area contributed by atoms with E-state index in [0.717, 1.165) is 61.3 Å². The summed E-state index contributed by atoms with van der Waals surface area (Å²) in [5.74, 6) is 0. The average Bonchev–Trinajstić information content (AvgIpc) is 1.48. The molecule has 0 aliphatic heterocycles. The fourth-order valence-corrected chi connectivity index (χ4v) is 26.1. The summed E-state index contributed by atoms with van der Waals surface area (Å²) < 4.78 is 14.1. The number of furan rings is 2. The van der Waals surface area contributed by atoms with Crippen LogP contribution in [-0.2, 0) is 27.1 Å². The van der Waals surface area contributed by atoms with Crippen LogP contribution >= 0.6 is 0 Å². The molecule has 26 rings (SSSR count). The molecule has 0 amide bonds. The van der Waals surface area contributed by atoms with Gasteiger partial charge in [0.05, 0.1) is 10.8 Å². The monoisotopic (exact) mass is 1660 g/mol. The van der Waals surface area contributed by atoms with E-state index in [1.807, 2.05) is 0 Å². The molecule has 622 valence electrons. The molecule has 2 spiro atoms. The first-order valence-electron chi connectivity index (χ1n) is 47.6. The van der Waals surface area contributed by atoms with Crippen LogP contribution < -0.4 is 4.90 Å². The zero-order valence-electron chi connectivity index (χ0n) is 74.6. The number of unbranched alkanes of at least 4 members (excludes halogenated alkanes) is 8. The quantitative estimate of drug-likeness (QED) is 0.0802. The molecule has 7 aliphatic rings. The number of hydrogen-bond acceptors (Lipinski definition) is 3. The predicted molar refractivity (Wildman–Crippen MR) is 537 cm³/mol. The first-order valence-corrected chi connectivity index (χ1v) is 47.6. The largest absolute Gasteiger partial charge is 0.456 e. The van der Waals surface area contributed by atoms with Gasteiger partial charge in [-0.15, -0.1) is 0 Å². The summed E-state index contributed by atoms with van der Waals surface area (Å²) in [7, 11) is 0. The van der Waals surface area contributed by atoms with Crippen molar-refractivity contribution in [3.05, 3.63) is 423 Å². The molecule has 17 aromatic carbocycles. The van der Waals surface area contributed by atoms with Crippen molar-refractivity contribution >= 4 is 60.9 Å². The first kappa shape index (κ1) is 76.4. The first-order chi connectivity index (χ1) is 63.3. The number of fused-ring (bicyclic) bond motifs is 37. The molecule has 2 heterocycles. The summed E-state index contributed by atoms with van der Waals surface area (Å²) in [6.45, 7) is 16.7. The molecule has 0 saturated carbocycles. The van der Waals surface area contributed by atoms with Gasteiger partial charge in [0.25, 0.3) is 0 Å². The van der Waals surface area contributed by atoms with Crippen molar-refractivity contribution in [3.63, 3.8) is 0 Å². The summed E-state index contributed by atoms with van der Waals surface area (Å²) in [5.41, 5.74) is 50.7. The molecule has 0 fully saturated rings. The summed E-state index contributed by atoms with van der Waals surface area (Å²) >= 11 is 0. The predicted octanol–water partition coefficient (Wildman–Crippen LogP) is 34.6. The minimum Gasteiger partial charge on any atom is -0.456 e. The highest BCUT2D eigenvalue weighted by atomic mass is 16.3. The number of hydrogen-bond donors (Lipinski definition) is 0. The zero-order valence-corrected chi connectivity index (χ0v) is 74.6. The number of anilines is 3. The summed E-state index contributed by atoms with van der Waals surface area (Å²) in [6.07, 6.45) is 15.4. The minimum absolute atomic E-state index is 0.0345. The molecule has 3 nitrogen and oxygen atoms in total. The molecule has 129 heavy (non-hydrogen) atoms. The molecule has 0 unspecified atom stereocenters. The second-order valence-corrected chi connectivity index (χ2v) is 39.4. The molecule has 0 saturated heterocycles. The van der Waals surface area contributed by atoms with E-state index in [9.17, 15) is 0 Å². The minimum atomic E-state index is -0.694. The smallest absolute Gasteiger partial charge is 0.143 e. The SMILES string of the molecule is CCCCCCCC1(CCCCCCC)c2ccccc2-c2ccc(-c3ccc4c(c3)C(C)(C)c3cc(-c5ccc(-c6cc7c(c8c6oc6ccccc68)-c6ccc(N(c8ccc(C)cc8)c8ccc9c(c8)C8(c%10ccccc%10-c%10ccccc%108)c8cc%10c(cc8-9)C8(c9ccccc9-c9ccccc98)c8ccc9oc%11ccccc%11c9c8-%10)cc6C7(C)C)cc5)ccc3-4)cc21. The Morgan fingerprint density at radius 1 is 0.240 bits per heavy atom. The van der Waals surface area contributed by atoms with E-state index in [2.05, 4.69) is 393 Å². The van der Waals surface area contributed by atoms with Gasteiger partial charge >= 0.3 is 0 Å². The lowest BCUT2D eigenvalue weighted by molar-refractivity contribution is 0.399. The Labute approximate surface area is 756 Å². The van der Waals surface area contributed by atoms with E-state index < -0.39 is 16.2 Å². The third-order valence-corrected chi connectivity index (χ3v) is 32.1. The van der Waals surface area contributed by atoms with E-state index in [0.29, 0.717) is 0 Å². The van der Waals surface area contributed by atoms with Crippen molar-refractivity contribution in [1.82, 2.24) is 0 Å². The van der Waals surface area contributed by atoms with Gasteiger partial charge in [0.2, 0.25) is 0 Å². The molecule has 0 bridgehead atoms. The van der Waals surface area contributed by atoms with Crippen LogP contribution in [0.5, 0.6) is 0 Å². The maximum absolute atomic E-state index is 7.23. The van der Waals surface area contributed by atoms with Gasteiger partial charge in [-0.25, -0.2) is 0 Å². The van der Waals surface area contributed by atoms with Crippen LogP contribution in [0.15, 0.2) is 349 Å². The van der Waals surface area contributed by atoms with Crippen molar-refractivity contribution in [3.8, 4) is 111 Å². The molecule has 0 radical (unpaired) electrons. The lowest BCUT2D eigenvalue weighted by Gasteiger charge is -2.33. The number of nitrogens with zero attached hydrogens (tertiary/aromatic N) is 1. The molecular weight excluding hydrogens is 1560 g/mol. The van der Waals surface area contributed by atoms with Crippen LogP contribution in [0.4, 0.5) is 17.1 Å². The Kier molecular flexibility index (Phi) is 16.8. The number of benzene rings is 17.